The van der Waals surface area contributed by atoms with Crippen LogP contribution in [-0.2, 0) is 24.0 Å². The molecule has 0 bridgehead atoms. The lowest BCUT2D eigenvalue weighted by molar-refractivity contribution is -0.197. The summed E-state index contributed by atoms with van der Waals surface area (Å²) in [5, 5.41) is 12.4. The van der Waals surface area contributed by atoms with Gasteiger partial charge in [-0.25, -0.2) is 4.79 Å². The molecular formula is C22H20N2O6. The third-order valence-electron chi connectivity index (χ3n) is 4.31. The van der Waals surface area contributed by atoms with Crippen LogP contribution in [0, 0.1) is 0 Å². The molecule has 3 amide bonds. The van der Waals surface area contributed by atoms with Gasteiger partial charge in [-0.2, -0.15) is 0 Å². The molecule has 154 valence electrons. The molecule has 0 atom stereocenters. The number of nitrogens with zero attached hydrogens (tertiary/aromatic N) is 1. The lowest BCUT2D eigenvalue weighted by Crippen LogP contribution is -2.32. The molecule has 2 N–H and O–H groups in total. The smallest absolute Gasteiger partial charge is 0.333 e. The summed E-state index contributed by atoms with van der Waals surface area (Å²) in [6, 6.07) is 13.9. The first-order valence-corrected chi connectivity index (χ1v) is 9.34. The molecule has 1 saturated heterocycles. The maximum Gasteiger partial charge on any atom is 0.333 e. The minimum atomic E-state index is -0.816. The van der Waals surface area contributed by atoms with E-state index in [-0.39, 0.29) is 31.4 Å². The Morgan fingerprint density at radius 2 is 1.43 bits per heavy atom. The topological polar surface area (TPSA) is 113 Å². The SMILES string of the molecule is O=C(CCC(=O)ON1C(=O)CCC1=O)Nc1ccc(/C=C/c2ccc(O)cc2)cc1. The van der Waals surface area contributed by atoms with Gasteiger partial charge in [-0.05, 0) is 35.4 Å². The van der Waals surface area contributed by atoms with E-state index >= 15 is 0 Å². The number of hydroxylamine groups is 2. The maximum absolute atomic E-state index is 12.0. The molecule has 0 radical (unpaired) electrons. The van der Waals surface area contributed by atoms with Gasteiger partial charge in [0.2, 0.25) is 5.91 Å². The summed E-state index contributed by atoms with van der Waals surface area (Å²) in [5.41, 5.74) is 2.43. The largest absolute Gasteiger partial charge is 0.508 e. The van der Waals surface area contributed by atoms with E-state index in [0.717, 1.165) is 11.1 Å². The number of phenols is 1. The Bertz CT molecular complexity index is 964. The summed E-state index contributed by atoms with van der Waals surface area (Å²) in [7, 11) is 0. The van der Waals surface area contributed by atoms with Crippen molar-refractivity contribution in [3.63, 3.8) is 0 Å². The molecule has 0 unspecified atom stereocenters. The lowest BCUT2D eigenvalue weighted by atomic mass is 10.1. The van der Waals surface area contributed by atoms with Gasteiger partial charge in [0.25, 0.3) is 11.8 Å². The minimum absolute atomic E-state index is 0.0206. The fraction of sp³-hybridized carbons (Fsp3) is 0.182. The molecule has 1 fully saturated rings. The number of benzene rings is 2. The zero-order valence-electron chi connectivity index (χ0n) is 16.0. The van der Waals surface area contributed by atoms with Gasteiger partial charge < -0.3 is 15.3 Å². The number of phenolic OH excluding ortho intramolecular Hbond substituents is 1. The van der Waals surface area contributed by atoms with Crippen molar-refractivity contribution < 1.29 is 29.1 Å². The first-order valence-electron chi connectivity index (χ1n) is 9.34. The molecule has 8 heteroatoms. The second-order valence-electron chi connectivity index (χ2n) is 6.64. The van der Waals surface area contributed by atoms with Crippen molar-refractivity contribution in [3.8, 4) is 5.75 Å². The Labute approximate surface area is 172 Å². The number of rotatable bonds is 7. The summed E-state index contributed by atoms with van der Waals surface area (Å²) < 4.78 is 0. The van der Waals surface area contributed by atoms with Crippen LogP contribution in [0.5, 0.6) is 5.75 Å². The monoisotopic (exact) mass is 408 g/mol. The molecule has 0 saturated carbocycles. The van der Waals surface area contributed by atoms with Gasteiger partial charge in [-0.15, -0.1) is 5.06 Å². The second-order valence-corrected chi connectivity index (χ2v) is 6.64. The van der Waals surface area contributed by atoms with Crippen LogP contribution in [0.25, 0.3) is 12.2 Å². The molecule has 2 aromatic rings. The molecule has 2 aromatic carbocycles. The van der Waals surface area contributed by atoms with E-state index in [4.69, 9.17) is 4.84 Å². The van der Waals surface area contributed by atoms with Crippen molar-refractivity contribution in [1.82, 2.24) is 5.06 Å². The number of nitrogens with one attached hydrogen (secondary N) is 1. The molecular weight excluding hydrogens is 388 g/mol. The van der Waals surface area contributed by atoms with Crippen LogP contribution in [0.3, 0.4) is 0 Å². The Morgan fingerprint density at radius 3 is 2.00 bits per heavy atom. The van der Waals surface area contributed by atoms with Crippen molar-refractivity contribution in [1.29, 1.82) is 0 Å². The van der Waals surface area contributed by atoms with Gasteiger partial charge >= 0.3 is 5.97 Å². The standard InChI is InChI=1S/C22H20N2O6/c25-18-9-5-16(6-10-18)2-1-15-3-7-17(8-4-15)23-19(26)11-14-22(29)30-24-20(27)12-13-21(24)28/h1-10,25H,11-14H2,(H,23,26)/b2-1+. The summed E-state index contributed by atoms with van der Waals surface area (Å²) in [4.78, 5) is 51.3. The summed E-state index contributed by atoms with van der Waals surface area (Å²) >= 11 is 0. The van der Waals surface area contributed by atoms with Crippen LogP contribution in [-0.4, -0.2) is 33.9 Å². The van der Waals surface area contributed by atoms with E-state index < -0.39 is 23.7 Å². The average molecular weight is 408 g/mol. The molecule has 0 aliphatic carbocycles. The van der Waals surface area contributed by atoms with Gasteiger partial charge in [-0.3, -0.25) is 14.4 Å². The normalized spacial score (nSPS) is 13.7. The predicted octanol–water partition coefficient (Wildman–Crippen LogP) is 2.89. The highest BCUT2D eigenvalue weighted by Crippen LogP contribution is 2.16. The lowest BCUT2D eigenvalue weighted by Gasteiger charge is -2.12. The first kappa shape index (κ1) is 20.8. The van der Waals surface area contributed by atoms with Crippen LogP contribution in [0.4, 0.5) is 5.69 Å². The fourth-order valence-corrected chi connectivity index (χ4v) is 2.70. The van der Waals surface area contributed by atoms with Crippen molar-refractivity contribution in [2.24, 2.45) is 0 Å². The number of amides is 3. The number of hydrogen-bond acceptors (Lipinski definition) is 6. The van der Waals surface area contributed by atoms with Crippen LogP contribution in [0.15, 0.2) is 48.5 Å². The molecule has 3 rings (SSSR count). The Kier molecular flexibility index (Phi) is 6.59. The average Bonchev–Trinajstić information content (AvgIpc) is 3.05. The predicted molar refractivity (Wildman–Crippen MR) is 109 cm³/mol. The summed E-state index contributed by atoms with van der Waals surface area (Å²) in [5.74, 6) is -2.12. The number of anilines is 1. The van der Waals surface area contributed by atoms with Gasteiger partial charge in [-0.1, -0.05) is 36.4 Å². The molecule has 8 nitrogen and oxygen atoms in total. The number of hydrogen-bond donors (Lipinski definition) is 2. The van der Waals surface area contributed by atoms with Crippen molar-refractivity contribution in [2.45, 2.75) is 25.7 Å². The van der Waals surface area contributed by atoms with Gasteiger partial charge in [0, 0.05) is 24.9 Å². The maximum atomic E-state index is 12.0. The Hall–Kier alpha value is -3.94. The highest BCUT2D eigenvalue weighted by atomic mass is 16.7. The number of aromatic hydroxyl groups is 1. The molecule has 1 aliphatic heterocycles. The van der Waals surface area contributed by atoms with Crippen LogP contribution in [0.2, 0.25) is 0 Å². The number of carbonyl (C=O) groups is 4. The van der Waals surface area contributed by atoms with E-state index in [1.807, 2.05) is 24.3 Å². The van der Waals surface area contributed by atoms with Crippen LogP contribution < -0.4 is 5.32 Å². The molecule has 1 aliphatic rings. The van der Waals surface area contributed by atoms with Gasteiger partial charge in [0.15, 0.2) is 0 Å². The second kappa shape index (κ2) is 9.51. The summed E-state index contributed by atoms with van der Waals surface area (Å²) in [6.45, 7) is 0. The third-order valence-corrected chi connectivity index (χ3v) is 4.31. The van der Waals surface area contributed by atoms with Crippen LogP contribution >= 0.6 is 0 Å². The summed E-state index contributed by atoms with van der Waals surface area (Å²) in [6.07, 6.45) is 3.44. The van der Waals surface area contributed by atoms with Crippen molar-refractivity contribution in [3.05, 3.63) is 59.7 Å². The zero-order valence-corrected chi connectivity index (χ0v) is 16.0. The number of imide groups is 1. The highest BCUT2D eigenvalue weighted by molar-refractivity contribution is 6.01. The fourth-order valence-electron chi connectivity index (χ4n) is 2.70. The molecule has 30 heavy (non-hydrogen) atoms. The quantitative estimate of drug-likeness (QED) is 0.538. The first-order chi connectivity index (χ1) is 14.4. The van der Waals surface area contributed by atoms with E-state index in [1.165, 1.54) is 0 Å². The number of carbonyl (C=O) groups excluding carboxylic acids is 4. The van der Waals surface area contributed by atoms with E-state index in [1.54, 1.807) is 36.4 Å². The Balaban J connectivity index is 1.45. The molecule has 0 spiro atoms. The minimum Gasteiger partial charge on any atom is -0.508 e. The van der Waals surface area contributed by atoms with E-state index in [9.17, 15) is 24.3 Å². The Morgan fingerprint density at radius 1 is 0.900 bits per heavy atom. The van der Waals surface area contributed by atoms with Crippen molar-refractivity contribution >= 4 is 41.5 Å². The molecule has 1 heterocycles. The van der Waals surface area contributed by atoms with Gasteiger partial charge in [0.05, 0.1) is 6.42 Å². The third kappa shape index (κ3) is 5.78. The van der Waals surface area contributed by atoms with Crippen molar-refractivity contribution in [2.75, 3.05) is 5.32 Å². The van der Waals surface area contributed by atoms with Gasteiger partial charge in [0.1, 0.15) is 5.75 Å². The zero-order chi connectivity index (χ0) is 21.5. The van der Waals surface area contributed by atoms with Crippen LogP contribution in [0.1, 0.15) is 36.8 Å². The molecule has 0 aromatic heterocycles. The highest BCUT2D eigenvalue weighted by Gasteiger charge is 2.32. The van der Waals surface area contributed by atoms with E-state index in [2.05, 4.69) is 5.32 Å². The van der Waals surface area contributed by atoms with E-state index in [0.29, 0.717) is 10.8 Å².